The molecule has 0 atom stereocenters. The van der Waals surface area contributed by atoms with Crippen LogP contribution in [0.2, 0.25) is 0 Å². The molecule has 0 bridgehead atoms. The number of carbonyl (C=O) groups is 1. The van der Waals surface area contributed by atoms with Gasteiger partial charge in [-0.15, -0.1) is 0 Å². The molecule has 0 aromatic rings. The van der Waals surface area contributed by atoms with E-state index in [-0.39, 0.29) is 6.41 Å². The normalized spacial score (nSPS) is 11.0. The monoisotopic (exact) mass is 175 g/mol. The molecule has 0 saturated heterocycles. The Balaban J connectivity index is 3.17. The second-order valence-electron chi connectivity index (χ2n) is 1.14. The second kappa shape index (κ2) is 3.87. The maximum Gasteiger partial charge on any atom is 0.283 e. The van der Waals surface area contributed by atoms with Crippen LogP contribution in [0.5, 0.6) is 0 Å². The van der Waals surface area contributed by atoms with Gasteiger partial charge >= 0.3 is 0 Å². The molecule has 0 unspecified atom stereocenters. The first-order chi connectivity index (χ1) is 4.06. The minimum Gasteiger partial charge on any atom is -0.277 e. The summed E-state index contributed by atoms with van der Waals surface area (Å²) in [5.74, 6) is 0. The Morgan fingerprint density at radius 3 is 2.67 bits per heavy atom. The van der Waals surface area contributed by atoms with E-state index in [1.807, 2.05) is 0 Å². The standard InChI is InChI=1S/C3H4Cl2FNO2/c4-3(5,6)1-9-7-2-8/h2H,1H2,(H,7,8). The lowest BCUT2D eigenvalue weighted by atomic mass is 10.8. The SMILES string of the molecule is O=CNOCC(F)(Cl)Cl. The molecule has 3 nitrogen and oxygen atoms in total. The van der Waals surface area contributed by atoms with Crippen LogP contribution in [-0.2, 0) is 9.63 Å². The van der Waals surface area contributed by atoms with Crippen LogP contribution in [0, 0.1) is 0 Å². The van der Waals surface area contributed by atoms with Crippen molar-refractivity contribution < 1.29 is 14.0 Å². The molecule has 1 N–H and O–H groups in total. The maximum absolute atomic E-state index is 12.0. The fourth-order valence-corrected chi connectivity index (χ4v) is 0.267. The predicted molar refractivity (Wildman–Crippen MR) is 30.7 cm³/mol. The minimum absolute atomic E-state index is 0.236. The average molecular weight is 176 g/mol. The smallest absolute Gasteiger partial charge is 0.277 e. The van der Waals surface area contributed by atoms with Crippen LogP contribution in [0.4, 0.5) is 4.39 Å². The van der Waals surface area contributed by atoms with Crippen LogP contribution in [-0.4, -0.2) is 17.6 Å². The van der Waals surface area contributed by atoms with Crippen LogP contribution in [0.15, 0.2) is 0 Å². The summed E-state index contributed by atoms with van der Waals surface area (Å²) in [5, 5.41) is 0. The van der Waals surface area contributed by atoms with E-state index in [1.54, 1.807) is 5.48 Å². The molecule has 1 amide bonds. The number of nitrogens with one attached hydrogen (secondary N) is 1. The van der Waals surface area contributed by atoms with Crippen molar-refractivity contribution >= 4 is 29.6 Å². The van der Waals surface area contributed by atoms with E-state index in [0.717, 1.165) is 0 Å². The predicted octanol–water partition coefficient (Wildman–Crippen LogP) is 0.765. The number of halogens is 3. The van der Waals surface area contributed by atoms with Crippen LogP contribution in [0.1, 0.15) is 0 Å². The number of carbonyl (C=O) groups excluding carboxylic acids is 1. The average Bonchev–Trinajstić information content (AvgIpc) is 1.63. The fourth-order valence-electron chi connectivity index (χ4n) is 0.158. The molecular weight excluding hydrogens is 172 g/mol. The fraction of sp³-hybridized carbons (Fsp3) is 0.667. The zero-order chi connectivity index (χ0) is 7.33. The Morgan fingerprint density at radius 1 is 1.78 bits per heavy atom. The van der Waals surface area contributed by atoms with Crippen molar-refractivity contribution in [3.63, 3.8) is 0 Å². The lowest BCUT2D eigenvalue weighted by Gasteiger charge is -2.06. The van der Waals surface area contributed by atoms with Crippen molar-refractivity contribution in [2.75, 3.05) is 6.61 Å². The van der Waals surface area contributed by atoms with Crippen molar-refractivity contribution in [2.45, 2.75) is 4.59 Å². The molecule has 54 valence electrons. The van der Waals surface area contributed by atoms with Crippen LogP contribution < -0.4 is 5.48 Å². The summed E-state index contributed by atoms with van der Waals surface area (Å²) in [5.41, 5.74) is 1.72. The first-order valence-corrected chi connectivity index (χ1v) is 2.69. The van der Waals surface area contributed by atoms with E-state index in [4.69, 9.17) is 23.2 Å². The van der Waals surface area contributed by atoms with Gasteiger partial charge in [0.25, 0.3) is 4.59 Å². The number of hydrogen-bond donors (Lipinski definition) is 1. The first-order valence-electron chi connectivity index (χ1n) is 1.94. The van der Waals surface area contributed by atoms with Gasteiger partial charge in [0, 0.05) is 0 Å². The van der Waals surface area contributed by atoms with E-state index in [1.165, 1.54) is 0 Å². The third-order valence-electron chi connectivity index (χ3n) is 0.367. The van der Waals surface area contributed by atoms with E-state index in [2.05, 4.69) is 4.84 Å². The van der Waals surface area contributed by atoms with Crippen LogP contribution >= 0.6 is 23.2 Å². The molecule has 0 aliphatic carbocycles. The zero-order valence-corrected chi connectivity index (χ0v) is 5.75. The first kappa shape index (κ1) is 8.94. The molecule has 0 heterocycles. The van der Waals surface area contributed by atoms with E-state index >= 15 is 0 Å². The summed E-state index contributed by atoms with van der Waals surface area (Å²) in [7, 11) is 0. The van der Waals surface area contributed by atoms with Gasteiger partial charge in [0.15, 0.2) is 0 Å². The van der Waals surface area contributed by atoms with Gasteiger partial charge in [-0.25, -0.2) is 9.87 Å². The summed E-state index contributed by atoms with van der Waals surface area (Å²) in [4.78, 5) is 13.5. The van der Waals surface area contributed by atoms with Crippen molar-refractivity contribution in [1.82, 2.24) is 5.48 Å². The minimum atomic E-state index is -2.45. The topological polar surface area (TPSA) is 38.3 Å². The number of hydroxylamine groups is 1. The molecule has 9 heavy (non-hydrogen) atoms. The highest BCUT2D eigenvalue weighted by atomic mass is 35.5. The number of alkyl halides is 3. The zero-order valence-electron chi connectivity index (χ0n) is 4.23. The van der Waals surface area contributed by atoms with Crippen molar-refractivity contribution in [2.24, 2.45) is 0 Å². The molecule has 0 aromatic carbocycles. The van der Waals surface area contributed by atoms with Gasteiger partial charge in [-0.2, -0.15) is 0 Å². The largest absolute Gasteiger partial charge is 0.283 e. The summed E-state index contributed by atoms with van der Waals surface area (Å²) < 4.78 is 9.51. The number of hydrogen-bond acceptors (Lipinski definition) is 2. The van der Waals surface area contributed by atoms with Crippen LogP contribution in [0.25, 0.3) is 0 Å². The Labute approximate surface area is 61.0 Å². The lowest BCUT2D eigenvalue weighted by molar-refractivity contribution is -0.121. The third kappa shape index (κ3) is 7.94. The molecule has 6 heteroatoms. The Hall–Kier alpha value is -0.0600. The molecule has 0 fully saturated rings. The molecular formula is C3H4Cl2FNO2. The van der Waals surface area contributed by atoms with E-state index in [0.29, 0.717) is 0 Å². The second-order valence-corrected chi connectivity index (χ2v) is 2.53. The van der Waals surface area contributed by atoms with Gasteiger partial charge in [-0.3, -0.25) is 9.63 Å². The van der Waals surface area contributed by atoms with Crippen molar-refractivity contribution in [3.8, 4) is 0 Å². The molecule has 0 aliphatic rings. The molecule has 0 aliphatic heterocycles. The number of amides is 1. The van der Waals surface area contributed by atoms with Crippen molar-refractivity contribution in [1.29, 1.82) is 0 Å². The van der Waals surface area contributed by atoms with E-state index in [9.17, 15) is 9.18 Å². The number of rotatable bonds is 4. The summed E-state index contributed by atoms with van der Waals surface area (Å²) in [6, 6.07) is 0. The Morgan fingerprint density at radius 2 is 2.33 bits per heavy atom. The van der Waals surface area contributed by atoms with Gasteiger partial charge < -0.3 is 0 Å². The molecule has 0 saturated carbocycles. The molecule has 0 spiro atoms. The highest BCUT2D eigenvalue weighted by Crippen LogP contribution is 2.21. The maximum atomic E-state index is 12.0. The lowest BCUT2D eigenvalue weighted by Crippen LogP contribution is -2.21. The molecule has 0 rings (SSSR count). The Bertz CT molecular complexity index is 94.3. The summed E-state index contributed by atoms with van der Waals surface area (Å²) in [6.07, 6.45) is 0.236. The van der Waals surface area contributed by atoms with Crippen molar-refractivity contribution in [3.05, 3.63) is 0 Å². The van der Waals surface area contributed by atoms with Gasteiger partial charge in [-0.1, -0.05) is 23.2 Å². The van der Waals surface area contributed by atoms with Crippen LogP contribution in [0.3, 0.4) is 0 Å². The Kier molecular flexibility index (Phi) is 3.84. The quantitative estimate of drug-likeness (QED) is 0.297. The van der Waals surface area contributed by atoms with E-state index < -0.39 is 11.2 Å². The third-order valence-corrected chi connectivity index (χ3v) is 0.585. The van der Waals surface area contributed by atoms with Gasteiger partial charge in [0.1, 0.15) is 6.61 Å². The summed E-state index contributed by atoms with van der Waals surface area (Å²) >= 11 is 9.57. The molecule has 0 radical (unpaired) electrons. The highest BCUT2D eigenvalue weighted by Gasteiger charge is 2.22. The summed E-state index contributed by atoms with van der Waals surface area (Å²) in [6.45, 7) is -0.602. The molecule has 0 aromatic heterocycles. The van der Waals surface area contributed by atoms with Gasteiger partial charge in [-0.05, 0) is 0 Å². The van der Waals surface area contributed by atoms with Gasteiger partial charge in [0.2, 0.25) is 6.41 Å². The van der Waals surface area contributed by atoms with Gasteiger partial charge in [0.05, 0.1) is 0 Å². The highest BCUT2D eigenvalue weighted by molar-refractivity contribution is 6.47.